The fraction of sp³-hybridized carbons (Fsp3) is 0.111. The first-order valence-corrected chi connectivity index (χ1v) is 7.95. The quantitative estimate of drug-likeness (QED) is 0.703. The van der Waals surface area contributed by atoms with Gasteiger partial charge in [-0.1, -0.05) is 29.8 Å². The molecule has 0 unspecified atom stereocenters. The van der Waals surface area contributed by atoms with Gasteiger partial charge in [-0.15, -0.1) is 0 Å². The summed E-state index contributed by atoms with van der Waals surface area (Å²) in [5.74, 6) is -2.77. The van der Waals surface area contributed by atoms with E-state index in [0.717, 1.165) is 23.5 Å². The molecule has 3 aromatic rings. The van der Waals surface area contributed by atoms with Gasteiger partial charge in [0, 0.05) is 19.2 Å². The molecule has 0 saturated heterocycles. The molecule has 25 heavy (non-hydrogen) atoms. The number of rotatable bonds is 5. The number of halogens is 3. The van der Waals surface area contributed by atoms with Crippen LogP contribution in [0.2, 0.25) is 5.02 Å². The molecule has 7 heteroatoms. The monoisotopic (exact) mass is 361 g/mol. The Hall–Kier alpha value is -2.73. The van der Waals surface area contributed by atoms with E-state index in [2.05, 4.69) is 10.4 Å². The molecule has 0 radical (unpaired) electrons. The zero-order chi connectivity index (χ0) is 17.8. The lowest BCUT2D eigenvalue weighted by atomic mass is 10.2. The van der Waals surface area contributed by atoms with Gasteiger partial charge >= 0.3 is 0 Å². The predicted octanol–water partition coefficient (Wildman–Crippen LogP) is 3.78. The lowest BCUT2D eigenvalue weighted by Gasteiger charge is -2.06. The van der Waals surface area contributed by atoms with Gasteiger partial charge in [0.2, 0.25) is 0 Å². The molecule has 0 atom stereocenters. The molecule has 0 saturated carbocycles. The van der Waals surface area contributed by atoms with Gasteiger partial charge in [-0.05, 0) is 30.3 Å². The first-order chi connectivity index (χ1) is 12.0. The number of benzene rings is 2. The minimum atomic E-state index is -1.11. The Morgan fingerprint density at radius 2 is 1.84 bits per heavy atom. The van der Waals surface area contributed by atoms with Gasteiger partial charge in [0.15, 0.2) is 11.6 Å². The topological polar surface area (TPSA) is 46.9 Å². The maximum atomic E-state index is 13.2. The summed E-state index contributed by atoms with van der Waals surface area (Å²) in [4.78, 5) is 12.0. The van der Waals surface area contributed by atoms with Crippen molar-refractivity contribution in [2.75, 3.05) is 6.54 Å². The molecule has 128 valence electrons. The molecule has 4 nitrogen and oxygen atoms in total. The molecule has 1 heterocycles. The van der Waals surface area contributed by atoms with Crippen LogP contribution in [0.25, 0.3) is 5.69 Å². The van der Waals surface area contributed by atoms with Crippen molar-refractivity contribution >= 4 is 17.5 Å². The number of amides is 1. The number of hydrogen-bond donors (Lipinski definition) is 1. The first-order valence-electron chi connectivity index (χ1n) is 7.57. The molecular formula is C18H14ClF2N3O. The van der Waals surface area contributed by atoms with E-state index in [1.165, 1.54) is 0 Å². The molecule has 0 spiro atoms. The minimum absolute atomic E-state index is 0.101. The van der Waals surface area contributed by atoms with Crippen molar-refractivity contribution in [3.05, 3.63) is 82.6 Å². The van der Waals surface area contributed by atoms with Gasteiger partial charge in [0.05, 0.1) is 22.0 Å². The van der Waals surface area contributed by atoms with E-state index < -0.39 is 17.5 Å². The van der Waals surface area contributed by atoms with Gasteiger partial charge in [0.1, 0.15) is 0 Å². The summed E-state index contributed by atoms with van der Waals surface area (Å²) in [7, 11) is 0. The largest absolute Gasteiger partial charge is 0.352 e. The van der Waals surface area contributed by atoms with Crippen LogP contribution in [0.5, 0.6) is 0 Å². The number of para-hydroxylation sites is 1. The molecular weight excluding hydrogens is 348 g/mol. The summed E-state index contributed by atoms with van der Waals surface area (Å²) >= 11 is 5.78. The van der Waals surface area contributed by atoms with E-state index in [-0.39, 0.29) is 10.6 Å². The standard InChI is InChI=1S/C18H14ClF2N3O/c19-15-11-17(21)16(20)10-14(15)18(25)22-8-6-12-7-9-24(23-12)13-4-2-1-3-5-13/h1-5,7,9-11H,6,8H2,(H,22,25). The summed E-state index contributed by atoms with van der Waals surface area (Å²) in [5, 5.41) is 6.91. The number of carbonyl (C=O) groups excluding carboxylic acids is 1. The Balaban J connectivity index is 1.59. The van der Waals surface area contributed by atoms with Crippen LogP contribution >= 0.6 is 11.6 Å². The van der Waals surface area contributed by atoms with E-state index in [1.54, 1.807) is 4.68 Å². The SMILES string of the molecule is O=C(NCCc1ccn(-c2ccccc2)n1)c1cc(F)c(F)cc1Cl. The van der Waals surface area contributed by atoms with Gasteiger partial charge in [-0.2, -0.15) is 5.10 Å². The average Bonchev–Trinajstić information content (AvgIpc) is 3.08. The molecule has 0 fully saturated rings. The van der Waals surface area contributed by atoms with Crippen molar-refractivity contribution in [1.82, 2.24) is 15.1 Å². The molecule has 0 aliphatic heterocycles. The maximum Gasteiger partial charge on any atom is 0.252 e. The molecule has 1 N–H and O–H groups in total. The summed E-state index contributed by atoms with van der Waals surface area (Å²) in [5.41, 5.74) is 1.63. The fourth-order valence-electron chi connectivity index (χ4n) is 2.32. The van der Waals surface area contributed by atoms with Crippen molar-refractivity contribution in [2.24, 2.45) is 0 Å². The number of nitrogens with zero attached hydrogens (tertiary/aromatic N) is 2. The second-order valence-electron chi connectivity index (χ2n) is 5.34. The molecule has 0 aliphatic rings. The number of nitrogens with one attached hydrogen (secondary N) is 1. The van der Waals surface area contributed by atoms with E-state index >= 15 is 0 Å². The van der Waals surface area contributed by atoms with Crippen LogP contribution in [-0.2, 0) is 6.42 Å². The Morgan fingerprint density at radius 1 is 1.12 bits per heavy atom. The first kappa shape index (κ1) is 17.1. The molecule has 0 bridgehead atoms. The number of carbonyl (C=O) groups is 1. The summed E-state index contributed by atoms with van der Waals surface area (Å²) < 4.78 is 28.0. The van der Waals surface area contributed by atoms with E-state index in [4.69, 9.17) is 11.6 Å². The van der Waals surface area contributed by atoms with Gasteiger partial charge in [-0.3, -0.25) is 4.79 Å². The molecule has 3 rings (SSSR count). The van der Waals surface area contributed by atoms with Crippen LogP contribution in [0.3, 0.4) is 0 Å². The maximum absolute atomic E-state index is 13.2. The molecule has 2 aromatic carbocycles. The lowest BCUT2D eigenvalue weighted by molar-refractivity contribution is 0.0953. The third kappa shape index (κ3) is 4.03. The van der Waals surface area contributed by atoms with Crippen LogP contribution in [0.15, 0.2) is 54.7 Å². The van der Waals surface area contributed by atoms with E-state index in [9.17, 15) is 13.6 Å². The number of hydrogen-bond acceptors (Lipinski definition) is 2. The van der Waals surface area contributed by atoms with Crippen LogP contribution in [-0.4, -0.2) is 22.2 Å². The highest BCUT2D eigenvalue weighted by Crippen LogP contribution is 2.19. The Kier molecular flexibility index (Phi) is 5.09. The van der Waals surface area contributed by atoms with Gasteiger partial charge in [-0.25, -0.2) is 13.5 Å². The average molecular weight is 362 g/mol. The highest BCUT2D eigenvalue weighted by Gasteiger charge is 2.14. The molecule has 1 aromatic heterocycles. The predicted molar refractivity (Wildman–Crippen MR) is 91.0 cm³/mol. The minimum Gasteiger partial charge on any atom is -0.352 e. The fourth-order valence-corrected chi connectivity index (χ4v) is 2.55. The number of aromatic nitrogens is 2. The second kappa shape index (κ2) is 7.44. The Bertz CT molecular complexity index is 897. The molecule has 1 amide bonds. The molecule has 0 aliphatic carbocycles. The smallest absolute Gasteiger partial charge is 0.252 e. The summed E-state index contributed by atoms with van der Waals surface area (Å²) in [6, 6.07) is 13.1. The summed E-state index contributed by atoms with van der Waals surface area (Å²) in [6.07, 6.45) is 2.32. The van der Waals surface area contributed by atoms with Crippen LogP contribution in [0, 0.1) is 11.6 Å². The highest BCUT2D eigenvalue weighted by molar-refractivity contribution is 6.33. The summed E-state index contributed by atoms with van der Waals surface area (Å²) in [6.45, 7) is 0.292. The van der Waals surface area contributed by atoms with E-state index in [0.29, 0.717) is 13.0 Å². The normalized spacial score (nSPS) is 10.7. The third-order valence-electron chi connectivity index (χ3n) is 3.59. The van der Waals surface area contributed by atoms with Crippen LogP contribution in [0.4, 0.5) is 8.78 Å². The van der Waals surface area contributed by atoms with Crippen LogP contribution < -0.4 is 5.32 Å². The van der Waals surface area contributed by atoms with Crippen molar-refractivity contribution in [3.8, 4) is 5.69 Å². The Labute approximate surface area is 148 Å². The van der Waals surface area contributed by atoms with E-state index in [1.807, 2.05) is 42.6 Å². The van der Waals surface area contributed by atoms with Crippen molar-refractivity contribution in [2.45, 2.75) is 6.42 Å². The van der Waals surface area contributed by atoms with Crippen molar-refractivity contribution in [3.63, 3.8) is 0 Å². The zero-order valence-corrected chi connectivity index (χ0v) is 13.8. The van der Waals surface area contributed by atoms with Gasteiger partial charge < -0.3 is 5.32 Å². The second-order valence-corrected chi connectivity index (χ2v) is 5.75. The van der Waals surface area contributed by atoms with Crippen molar-refractivity contribution in [1.29, 1.82) is 0 Å². The third-order valence-corrected chi connectivity index (χ3v) is 3.90. The Morgan fingerprint density at radius 3 is 2.60 bits per heavy atom. The zero-order valence-electron chi connectivity index (χ0n) is 13.0. The van der Waals surface area contributed by atoms with Crippen LogP contribution in [0.1, 0.15) is 16.1 Å². The van der Waals surface area contributed by atoms with Crippen molar-refractivity contribution < 1.29 is 13.6 Å². The highest BCUT2D eigenvalue weighted by atomic mass is 35.5. The van der Waals surface area contributed by atoms with Gasteiger partial charge in [0.25, 0.3) is 5.91 Å². The lowest BCUT2D eigenvalue weighted by Crippen LogP contribution is -2.26.